The van der Waals surface area contributed by atoms with Crippen molar-refractivity contribution < 1.29 is 51.7 Å². The van der Waals surface area contributed by atoms with Gasteiger partial charge in [0.2, 0.25) is 11.8 Å². The normalized spacial score (nSPS) is 12.5. The molecule has 4 aromatic rings. The maximum atomic E-state index is 13.0. The van der Waals surface area contributed by atoms with Crippen LogP contribution in [0.3, 0.4) is 0 Å². The van der Waals surface area contributed by atoms with E-state index in [1.807, 2.05) is 78.9 Å². The number of alkyl halides is 3. The zero-order chi connectivity index (χ0) is 38.0. The summed E-state index contributed by atoms with van der Waals surface area (Å²) in [6, 6.07) is 30.2. The molecule has 0 radical (unpaired) electrons. The van der Waals surface area contributed by atoms with E-state index >= 15 is 0 Å². The quantitative estimate of drug-likeness (QED) is 0.0892. The molecular weight excluding hydrogens is 695 g/mol. The highest BCUT2D eigenvalue weighted by molar-refractivity contribution is 5.85. The third-order valence-corrected chi connectivity index (χ3v) is 8.59. The summed E-state index contributed by atoms with van der Waals surface area (Å²) in [7, 11) is 1.32. The van der Waals surface area contributed by atoms with E-state index < -0.39 is 55.0 Å². The van der Waals surface area contributed by atoms with Crippen molar-refractivity contribution in [2.24, 2.45) is 0 Å². The van der Waals surface area contributed by atoms with Crippen LogP contribution < -0.4 is 10.6 Å². The van der Waals surface area contributed by atoms with Gasteiger partial charge in [0.25, 0.3) is 0 Å². The number of halogens is 3. The van der Waals surface area contributed by atoms with E-state index in [2.05, 4.69) is 20.4 Å². The third kappa shape index (κ3) is 9.79. The number of fused-ring (bicyclic) bond motifs is 3. The van der Waals surface area contributed by atoms with Crippen LogP contribution in [0, 0.1) is 0 Å². The lowest BCUT2D eigenvalue weighted by Crippen LogP contribution is -2.39. The van der Waals surface area contributed by atoms with E-state index in [-0.39, 0.29) is 12.5 Å². The van der Waals surface area contributed by atoms with Gasteiger partial charge in [-0.3, -0.25) is 14.5 Å². The lowest BCUT2D eigenvalue weighted by molar-refractivity contribution is -0.286. The Morgan fingerprint density at radius 2 is 1.32 bits per heavy atom. The minimum Gasteiger partial charge on any atom is -0.453 e. The molecule has 11 nitrogen and oxygen atoms in total. The second-order valence-electron chi connectivity index (χ2n) is 12.1. The molecule has 14 heteroatoms. The van der Waals surface area contributed by atoms with Crippen LogP contribution in [0.15, 0.2) is 103 Å². The fourth-order valence-electron chi connectivity index (χ4n) is 6.11. The monoisotopic (exact) mass is 731 g/mol. The number of carbonyl (C=O) groups is 5. The van der Waals surface area contributed by atoms with E-state index in [9.17, 15) is 37.1 Å². The van der Waals surface area contributed by atoms with Crippen molar-refractivity contribution in [2.75, 3.05) is 20.2 Å². The number of amides is 3. The molecule has 1 unspecified atom stereocenters. The fourth-order valence-corrected chi connectivity index (χ4v) is 6.11. The van der Waals surface area contributed by atoms with Crippen molar-refractivity contribution in [3.63, 3.8) is 0 Å². The standard InChI is InChI=1S/C39H36F3N3O8/c1-51-38(50)45(36-30-15-7-5-13-28(30)29-14-6-8-16-31(29)36)22-10-9-17-33(46)43-24-34(47)44-32(23-35(48)52-53-37(49)39(40,41)42)27-20-18-26(19-21-27)25-11-3-2-4-12-25/h2-8,11-16,18-21,32,36H,9-10,17,22-24H2,1H3,(H,43,46)(H,44,47). The highest BCUT2D eigenvalue weighted by Crippen LogP contribution is 2.46. The Morgan fingerprint density at radius 1 is 0.736 bits per heavy atom. The maximum absolute atomic E-state index is 13.0. The second kappa shape index (κ2) is 17.4. The first-order valence-corrected chi connectivity index (χ1v) is 16.7. The van der Waals surface area contributed by atoms with Crippen molar-refractivity contribution in [2.45, 2.75) is 43.9 Å². The number of unbranched alkanes of at least 4 members (excludes halogenated alkanes) is 1. The van der Waals surface area contributed by atoms with Gasteiger partial charge in [0.1, 0.15) is 0 Å². The number of nitrogens with one attached hydrogen (secondary N) is 2. The predicted octanol–water partition coefficient (Wildman–Crippen LogP) is 6.59. The number of benzene rings is 4. The van der Waals surface area contributed by atoms with Gasteiger partial charge in [0.05, 0.1) is 32.2 Å². The number of hydrogen-bond donors (Lipinski definition) is 2. The Morgan fingerprint density at radius 3 is 1.92 bits per heavy atom. The Balaban J connectivity index is 1.15. The topological polar surface area (TPSA) is 140 Å². The molecule has 3 amide bonds. The number of ether oxygens (including phenoxy) is 1. The lowest BCUT2D eigenvalue weighted by atomic mass is 9.99. The number of rotatable bonds is 13. The van der Waals surface area contributed by atoms with Gasteiger partial charge in [-0.05, 0) is 51.8 Å². The Labute approximate surface area is 303 Å². The molecule has 53 heavy (non-hydrogen) atoms. The van der Waals surface area contributed by atoms with Gasteiger partial charge in [0.15, 0.2) is 0 Å². The van der Waals surface area contributed by atoms with Gasteiger partial charge in [-0.2, -0.15) is 13.2 Å². The fraction of sp³-hybridized carbons (Fsp3) is 0.256. The summed E-state index contributed by atoms with van der Waals surface area (Å²) in [5, 5.41) is 5.09. The molecule has 276 valence electrons. The van der Waals surface area contributed by atoms with E-state index in [4.69, 9.17) is 4.74 Å². The molecule has 4 aromatic carbocycles. The van der Waals surface area contributed by atoms with Gasteiger partial charge in [-0.25, -0.2) is 24.2 Å². The largest absolute Gasteiger partial charge is 0.495 e. The molecule has 0 aliphatic heterocycles. The smallest absolute Gasteiger partial charge is 0.453 e. The minimum absolute atomic E-state index is 0.0431. The zero-order valence-electron chi connectivity index (χ0n) is 28.6. The summed E-state index contributed by atoms with van der Waals surface area (Å²) < 4.78 is 42.6. The number of methoxy groups -OCH3 is 1. The van der Waals surface area contributed by atoms with Crippen molar-refractivity contribution in [1.29, 1.82) is 0 Å². The van der Waals surface area contributed by atoms with Crippen LogP contribution in [0.1, 0.15) is 54.5 Å². The molecule has 0 fully saturated rings. The maximum Gasteiger partial charge on any atom is 0.495 e. The molecule has 0 aromatic heterocycles. The van der Waals surface area contributed by atoms with Crippen molar-refractivity contribution >= 4 is 29.8 Å². The predicted molar refractivity (Wildman–Crippen MR) is 185 cm³/mol. The minimum atomic E-state index is -5.38. The van der Waals surface area contributed by atoms with E-state index in [0.29, 0.717) is 24.9 Å². The molecule has 0 saturated carbocycles. The first-order chi connectivity index (χ1) is 25.5. The van der Waals surface area contributed by atoms with Gasteiger partial charge >= 0.3 is 24.2 Å². The third-order valence-electron chi connectivity index (χ3n) is 8.59. The van der Waals surface area contributed by atoms with Crippen LogP contribution in [0.5, 0.6) is 0 Å². The number of carbonyl (C=O) groups excluding carboxylic acids is 5. The van der Waals surface area contributed by atoms with Gasteiger partial charge in [-0.15, -0.1) is 0 Å². The van der Waals surface area contributed by atoms with Crippen LogP contribution >= 0.6 is 0 Å². The molecule has 0 bridgehead atoms. The molecule has 0 spiro atoms. The van der Waals surface area contributed by atoms with Gasteiger partial charge in [-0.1, -0.05) is 103 Å². The molecule has 2 N–H and O–H groups in total. The van der Waals surface area contributed by atoms with Crippen LogP contribution in [-0.2, 0) is 33.7 Å². The zero-order valence-corrected chi connectivity index (χ0v) is 28.6. The Hall–Kier alpha value is -6.18. The van der Waals surface area contributed by atoms with Crippen LogP contribution in [-0.4, -0.2) is 61.1 Å². The summed E-state index contributed by atoms with van der Waals surface area (Å²) in [5.41, 5.74) is 6.13. The molecule has 1 atom stereocenters. The highest BCUT2D eigenvalue weighted by Gasteiger charge is 2.43. The van der Waals surface area contributed by atoms with Gasteiger partial charge < -0.3 is 15.4 Å². The summed E-state index contributed by atoms with van der Waals surface area (Å²) >= 11 is 0. The first kappa shape index (κ1) is 38.1. The van der Waals surface area contributed by atoms with Crippen molar-refractivity contribution in [1.82, 2.24) is 15.5 Å². The lowest BCUT2D eigenvalue weighted by Gasteiger charge is -2.29. The summed E-state index contributed by atoms with van der Waals surface area (Å²) in [6.45, 7) is -0.174. The van der Waals surface area contributed by atoms with E-state index in [1.165, 1.54) is 7.11 Å². The SMILES string of the molecule is COC(=O)N(CCCCC(=O)NCC(=O)NC(CC(=O)OOC(=O)C(F)(F)F)c1ccc(-c2ccccc2)cc1)C1c2ccccc2-c2ccccc21. The van der Waals surface area contributed by atoms with Crippen LogP contribution in [0.4, 0.5) is 18.0 Å². The van der Waals surface area contributed by atoms with Crippen LogP contribution in [0.25, 0.3) is 22.3 Å². The Bertz CT molecular complexity index is 1890. The highest BCUT2D eigenvalue weighted by atomic mass is 19.4. The number of nitrogens with zero attached hydrogens (tertiary/aromatic N) is 1. The Kier molecular flexibility index (Phi) is 12.5. The van der Waals surface area contributed by atoms with Crippen molar-refractivity contribution in [3.8, 4) is 22.3 Å². The average molecular weight is 732 g/mol. The first-order valence-electron chi connectivity index (χ1n) is 16.7. The van der Waals surface area contributed by atoms with Crippen LogP contribution in [0.2, 0.25) is 0 Å². The summed E-state index contributed by atoms with van der Waals surface area (Å²) in [5.74, 6) is -5.21. The molecule has 0 saturated heterocycles. The van der Waals surface area contributed by atoms with E-state index in [0.717, 1.165) is 33.4 Å². The van der Waals surface area contributed by atoms with E-state index in [1.54, 1.807) is 29.2 Å². The molecular formula is C39H36F3N3O8. The molecule has 0 heterocycles. The molecule has 1 aliphatic carbocycles. The summed E-state index contributed by atoms with van der Waals surface area (Å²) in [6.07, 6.45) is -5.69. The van der Waals surface area contributed by atoms with Crippen molar-refractivity contribution in [3.05, 3.63) is 120 Å². The molecule has 1 aliphatic rings. The van der Waals surface area contributed by atoms with Gasteiger partial charge in [0, 0.05) is 13.0 Å². The average Bonchev–Trinajstić information content (AvgIpc) is 3.49. The number of hydrogen-bond acceptors (Lipinski definition) is 8. The second-order valence-corrected chi connectivity index (χ2v) is 12.1. The summed E-state index contributed by atoms with van der Waals surface area (Å²) in [4.78, 5) is 71.2. The molecule has 5 rings (SSSR count).